The number of ether oxygens (including phenoxy) is 2. The van der Waals surface area contributed by atoms with Gasteiger partial charge in [-0.15, -0.1) is 0 Å². The Morgan fingerprint density at radius 2 is 2.18 bits per heavy atom. The summed E-state index contributed by atoms with van der Waals surface area (Å²) >= 11 is 0. The smallest absolute Gasteiger partial charge is 0.387 e. The molecule has 1 N–H and O–H groups in total. The zero-order valence-electron chi connectivity index (χ0n) is 9.58. The molecule has 0 spiro atoms. The molecule has 0 atom stereocenters. The number of nitrogens with one attached hydrogen (secondary N) is 1. The SMILES string of the molecule is COc1ccc(CNC2CC2)c(OC(F)F)c1. The summed E-state index contributed by atoms with van der Waals surface area (Å²) in [5, 5.41) is 3.26. The molecule has 0 heterocycles. The molecule has 3 nitrogen and oxygen atoms in total. The largest absolute Gasteiger partial charge is 0.497 e. The molecule has 1 saturated carbocycles. The molecule has 1 fully saturated rings. The Kier molecular flexibility index (Phi) is 3.78. The number of methoxy groups -OCH3 is 1. The van der Waals surface area contributed by atoms with Crippen molar-refractivity contribution in [3.8, 4) is 11.5 Å². The lowest BCUT2D eigenvalue weighted by atomic mass is 10.2. The van der Waals surface area contributed by atoms with E-state index in [2.05, 4.69) is 10.1 Å². The van der Waals surface area contributed by atoms with Crippen molar-refractivity contribution in [1.82, 2.24) is 5.32 Å². The molecule has 2 rings (SSSR count). The molecule has 0 bridgehead atoms. The Morgan fingerprint density at radius 3 is 2.76 bits per heavy atom. The van der Waals surface area contributed by atoms with Crippen molar-refractivity contribution in [1.29, 1.82) is 0 Å². The van der Waals surface area contributed by atoms with Crippen LogP contribution in [0.1, 0.15) is 18.4 Å². The van der Waals surface area contributed by atoms with Crippen LogP contribution in [0.25, 0.3) is 0 Å². The molecular formula is C12H15F2NO2. The number of halogens is 2. The first-order valence-corrected chi connectivity index (χ1v) is 5.54. The molecule has 1 aromatic rings. The maximum atomic E-state index is 12.3. The first-order chi connectivity index (χ1) is 8.19. The average Bonchev–Trinajstić information content (AvgIpc) is 3.10. The Balaban J connectivity index is 2.09. The minimum atomic E-state index is -2.82. The van der Waals surface area contributed by atoms with E-state index in [4.69, 9.17) is 4.74 Å². The maximum Gasteiger partial charge on any atom is 0.387 e. The number of rotatable bonds is 6. The van der Waals surface area contributed by atoms with Crippen LogP contribution in [0.5, 0.6) is 11.5 Å². The summed E-state index contributed by atoms with van der Waals surface area (Å²) in [5.74, 6) is 0.684. The number of hydrogen-bond donors (Lipinski definition) is 1. The van der Waals surface area contributed by atoms with Gasteiger partial charge < -0.3 is 14.8 Å². The van der Waals surface area contributed by atoms with Gasteiger partial charge in [0, 0.05) is 24.2 Å². The molecule has 1 aliphatic carbocycles. The quantitative estimate of drug-likeness (QED) is 0.832. The molecule has 17 heavy (non-hydrogen) atoms. The highest BCUT2D eigenvalue weighted by Crippen LogP contribution is 2.27. The summed E-state index contributed by atoms with van der Waals surface area (Å²) in [4.78, 5) is 0. The van der Waals surface area contributed by atoms with Gasteiger partial charge in [-0.2, -0.15) is 8.78 Å². The van der Waals surface area contributed by atoms with Gasteiger partial charge in [-0.1, -0.05) is 6.07 Å². The van der Waals surface area contributed by atoms with Crippen molar-refractivity contribution >= 4 is 0 Å². The van der Waals surface area contributed by atoms with Crippen molar-refractivity contribution in [2.75, 3.05) is 7.11 Å². The second kappa shape index (κ2) is 5.31. The predicted octanol–water partition coefficient (Wildman–Crippen LogP) is 2.55. The summed E-state index contributed by atoms with van der Waals surface area (Å²) in [6.45, 7) is -2.28. The molecule has 94 valence electrons. The van der Waals surface area contributed by atoms with E-state index in [1.807, 2.05) is 0 Å². The predicted molar refractivity (Wildman–Crippen MR) is 59.5 cm³/mol. The second-order valence-corrected chi connectivity index (χ2v) is 4.01. The molecule has 0 amide bonds. The average molecular weight is 243 g/mol. The molecule has 0 radical (unpaired) electrons. The molecule has 0 unspecified atom stereocenters. The van der Waals surface area contributed by atoms with Crippen LogP contribution in [-0.2, 0) is 6.54 Å². The van der Waals surface area contributed by atoms with Crippen molar-refractivity contribution in [3.63, 3.8) is 0 Å². The van der Waals surface area contributed by atoms with Crippen LogP contribution in [-0.4, -0.2) is 19.8 Å². The third-order valence-corrected chi connectivity index (χ3v) is 2.65. The minimum absolute atomic E-state index is 0.174. The fraction of sp³-hybridized carbons (Fsp3) is 0.500. The van der Waals surface area contributed by atoms with Gasteiger partial charge in [-0.3, -0.25) is 0 Å². The van der Waals surface area contributed by atoms with E-state index < -0.39 is 6.61 Å². The van der Waals surface area contributed by atoms with Gasteiger partial charge in [0.2, 0.25) is 0 Å². The van der Waals surface area contributed by atoms with Crippen LogP contribution in [0.3, 0.4) is 0 Å². The van der Waals surface area contributed by atoms with Gasteiger partial charge in [-0.25, -0.2) is 0 Å². The minimum Gasteiger partial charge on any atom is -0.497 e. The van der Waals surface area contributed by atoms with Gasteiger partial charge in [0.15, 0.2) is 0 Å². The Morgan fingerprint density at radius 1 is 1.41 bits per heavy atom. The molecule has 1 aromatic carbocycles. The lowest BCUT2D eigenvalue weighted by molar-refractivity contribution is -0.0505. The fourth-order valence-electron chi connectivity index (χ4n) is 1.56. The molecule has 0 saturated heterocycles. The van der Waals surface area contributed by atoms with Gasteiger partial charge in [-0.05, 0) is 18.9 Å². The number of alkyl halides is 2. The van der Waals surface area contributed by atoms with Crippen LogP contribution in [0.4, 0.5) is 8.78 Å². The first kappa shape index (κ1) is 12.1. The third-order valence-electron chi connectivity index (χ3n) is 2.65. The van der Waals surface area contributed by atoms with Crippen LogP contribution >= 0.6 is 0 Å². The maximum absolute atomic E-state index is 12.3. The number of benzene rings is 1. The summed E-state index contributed by atoms with van der Waals surface area (Å²) < 4.78 is 34.0. The first-order valence-electron chi connectivity index (χ1n) is 5.54. The van der Waals surface area contributed by atoms with Crippen LogP contribution in [0.2, 0.25) is 0 Å². The standard InChI is InChI=1S/C12H15F2NO2/c1-16-10-5-2-8(7-15-9-3-4-9)11(6-10)17-12(13)14/h2,5-6,9,12,15H,3-4,7H2,1H3. The van der Waals surface area contributed by atoms with Crippen LogP contribution < -0.4 is 14.8 Å². The van der Waals surface area contributed by atoms with Crippen LogP contribution in [0, 0.1) is 0 Å². The highest BCUT2D eigenvalue weighted by molar-refractivity contribution is 5.40. The highest BCUT2D eigenvalue weighted by Gasteiger charge is 2.21. The Bertz CT molecular complexity index is 381. The van der Waals surface area contributed by atoms with E-state index in [0.29, 0.717) is 18.3 Å². The Labute approximate surface area is 98.7 Å². The summed E-state index contributed by atoms with van der Waals surface area (Å²) in [5.41, 5.74) is 0.720. The van der Waals surface area contributed by atoms with Crippen molar-refractivity contribution in [2.24, 2.45) is 0 Å². The number of hydrogen-bond acceptors (Lipinski definition) is 3. The van der Waals surface area contributed by atoms with E-state index in [9.17, 15) is 8.78 Å². The van der Waals surface area contributed by atoms with Gasteiger partial charge >= 0.3 is 6.61 Å². The van der Waals surface area contributed by atoms with E-state index in [1.54, 1.807) is 12.1 Å². The topological polar surface area (TPSA) is 30.5 Å². The van der Waals surface area contributed by atoms with Crippen molar-refractivity contribution in [2.45, 2.75) is 32.0 Å². The monoisotopic (exact) mass is 243 g/mol. The second-order valence-electron chi connectivity index (χ2n) is 4.01. The van der Waals surface area contributed by atoms with E-state index in [0.717, 1.165) is 18.4 Å². The normalized spacial score (nSPS) is 15.1. The Hall–Kier alpha value is -1.36. The van der Waals surface area contributed by atoms with Crippen molar-refractivity contribution in [3.05, 3.63) is 23.8 Å². The van der Waals surface area contributed by atoms with Gasteiger partial charge in [0.25, 0.3) is 0 Å². The zero-order chi connectivity index (χ0) is 12.3. The van der Waals surface area contributed by atoms with Gasteiger partial charge in [0.1, 0.15) is 11.5 Å². The molecular weight excluding hydrogens is 228 g/mol. The lowest BCUT2D eigenvalue weighted by Gasteiger charge is -2.12. The van der Waals surface area contributed by atoms with Crippen molar-refractivity contribution < 1.29 is 18.3 Å². The van der Waals surface area contributed by atoms with E-state index in [1.165, 1.54) is 13.2 Å². The van der Waals surface area contributed by atoms with Crippen LogP contribution in [0.15, 0.2) is 18.2 Å². The molecule has 0 aromatic heterocycles. The summed E-state index contributed by atoms with van der Waals surface area (Å²) in [6, 6.07) is 5.49. The fourth-order valence-corrected chi connectivity index (χ4v) is 1.56. The third kappa shape index (κ3) is 3.56. The summed E-state index contributed by atoms with van der Waals surface area (Å²) in [6.07, 6.45) is 2.31. The van der Waals surface area contributed by atoms with Gasteiger partial charge in [0.05, 0.1) is 7.11 Å². The van der Waals surface area contributed by atoms with E-state index in [-0.39, 0.29) is 5.75 Å². The zero-order valence-corrected chi connectivity index (χ0v) is 9.58. The summed E-state index contributed by atoms with van der Waals surface area (Å²) in [7, 11) is 1.49. The highest BCUT2D eigenvalue weighted by atomic mass is 19.3. The lowest BCUT2D eigenvalue weighted by Crippen LogP contribution is -2.16. The molecule has 0 aliphatic heterocycles. The molecule has 1 aliphatic rings. The van der Waals surface area contributed by atoms with E-state index >= 15 is 0 Å². The molecule has 5 heteroatoms.